The van der Waals surface area contributed by atoms with Gasteiger partial charge in [-0.25, -0.2) is 4.98 Å². The van der Waals surface area contributed by atoms with Crippen molar-refractivity contribution in [3.63, 3.8) is 0 Å². The number of thiazole rings is 1. The second-order valence-electron chi connectivity index (χ2n) is 6.76. The zero-order valence-electron chi connectivity index (χ0n) is 13.8. The van der Waals surface area contributed by atoms with Crippen molar-refractivity contribution in [1.82, 2.24) is 19.7 Å². The van der Waals surface area contributed by atoms with E-state index in [1.165, 1.54) is 35.9 Å². The van der Waals surface area contributed by atoms with Crippen LogP contribution in [0.15, 0.2) is 6.20 Å². The van der Waals surface area contributed by atoms with E-state index >= 15 is 0 Å². The largest absolute Gasteiger partial charge is 0.381 e. The Morgan fingerprint density at radius 2 is 2.05 bits per heavy atom. The third-order valence-electron chi connectivity index (χ3n) is 4.44. The lowest BCUT2D eigenvalue weighted by atomic mass is 10.1. The first-order valence-corrected chi connectivity index (χ1v) is 9.11. The molecule has 0 bridgehead atoms. The number of hydrogen-bond acceptors (Lipinski definition) is 6. The summed E-state index contributed by atoms with van der Waals surface area (Å²) in [7, 11) is 4.21. The maximum atomic E-state index is 5.48. The van der Waals surface area contributed by atoms with Crippen molar-refractivity contribution in [3.8, 4) is 0 Å². The Hall–Kier alpha value is -0.530. The van der Waals surface area contributed by atoms with Crippen LogP contribution in [0.5, 0.6) is 0 Å². The molecule has 0 aliphatic carbocycles. The molecule has 22 heavy (non-hydrogen) atoms. The summed E-state index contributed by atoms with van der Waals surface area (Å²) in [6.45, 7) is 9.86. The van der Waals surface area contributed by atoms with E-state index in [0.717, 1.165) is 45.3 Å². The Labute approximate surface area is 137 Å². The van der Waals surface area contributed by atoms with Crippen molar-refractivity contribution in [3.05, 3.63) is 16.1 Å². The van der Waals surface area contributed by atoms with Gasteiger partial charge < -0.3 is 14.5 Å². The molecule has 0 N–H and O–H groups in total. The second kappa shape index (κ2) is 7.84. The fourth-order valence-corrected chi connectivity index (χ4v) is 4.30. The highest BCUT2D eigenvalue weighted by Crippen LogP contribution is 2.18. The Morgan fingerprint density at radius 1 is 1.27 bits per heavy atom. The minimum atomic E-state index is 0.763. The molecule has 3 heterocycles. The molecule has 0 saturated carbocycles. The monoisotopic (exact) mass is 324 g/mol. The molecule has 6 heteroatoms. The van der Waals surface area contributed by atoms with Crippen LogP contribution in [0, 0.1) is 5.92 Å². The van der Waals surface area contributed by atoms with Gasteiger partial charge in [0.2, 0.25) is 0 Å². The second-order valence-corrected chi connectivity index (χ2v) is 7.96. The van der Waals surface area contributed by atoms with Gasteiger partial charge in [-0.05, 0) is 26.4 Å². The third-order valence-corrected chi connectivity index (χ3v) is 5.40. The van der Waals surface area contributed by atoms with Gasteiger partial charge in [0.1, 0.15) is 5.01 Å². The van der Waals surface area contributed by atoms with Gasteiger partial charge in [-0.1, -0.05) is 0 Å². The highest BCUT2D eigenvalue weighted by molar-refractivity contribution is 7.11. The number of nitrogens with zero attached hydrogens (tertiary/aromatic N) is 4. The molecule has 0 amide bonds. The molecule has 2 aliphatic rings. The molecule has 1 aromatic heterocycles. The Balaban J connectivity index is 1.40. The molecular formula is C16H28N4OS. The van der Waals surface area contributed by atoms with Gasteiger partial charge in [-0.2, -0.15) is 0 Å². The van der Waals surface area contributed by atoms with Gasteiger partial charge in [-0.15, -0.1) is 11.3 Å². The average Bonchev–Trinajstić information content (AvgIpc) is 3.13. The normalized spacial score (nSPS) is 24.4. The van der Waals surface area contributed by atoms with Gasteiger partial charge >= 0.3 is 0 Å². The number of ether oxygens (including phenoxy) is 1. The zero-order chi connectivity index (χ0) is 15.4. The van der Waals surface area contributed by atoms with Crippen molar-refractivity contribution in [2.75, 3.05) is 60.0 Å². The maximum absolute atomic E-state index is 5.48. The van der Waals surface area contributed by atoms with Gasteiger partial charge in [0.25, 0.3) is 0 Å². The lowest BCUT2D eigenvalue weighted by Crippen LogP contribution is -2.47. The molecule has 1 atom stereocenters. The molecule has 2 saturated heterocycles. The van der Waals surface area contributed by atoms with E-state index < -0.39 is 0 Å². The van der Waals surface area contributed by atoms with Crippen LogP contribution in [0.1, 0.15) is 16.3 Å². The van der Waals surface area contributed by atoms with Crippen LogP contribution in [-0.4, -0.2) is 79.7 Å². The fraction of sp³-hybridized carbons (Fsp3) is 0.812. The van der Waals surface area contributed by atoms with E-state index in [1.54, 1.807) is 0 Å². The smallest absolute Gasteiger partial charge is 0.107 e. The first-order chi connectivity index (χ1) is 10.7. The van der Waals surface area contributed by atoms with E-state index in [2.05, 4.69) is 33.8 Å². The maximum Gasteiger partial charge on any atom is 0.107 e. The summed E-state index contributed by atoms with van der Waals surface area (Å²) in [6.07, 6.45) is 3.28. The van der Waals surface area contributed by atoms with Crippen molar-refractivity contribution < 1.29 is 4.74 Å². The van der Waals surface area contributed by atoms with Crippen LogP contribution < -0.4 is 0 Å². The van der Waals surface area contributed by atoms with Crippen LogP contribution in [0.4, 0.5) is 0 Å². The summed E-state index contributed by atoms with van der Waals surface area (Å²) in [5.41, 5.74) is 0. The van der Waals surface area contributed by atoms with Crippen LogP contribution in [0.25, 0.3) is 0 Å². The van der Waals surface area contributed by atoms with Crippen LogP contribution >= 0.6 is 11.3 Å². The lowest BCUT2D eigenvalue weighted by Gasteiger charge is -2.35. The van der Waals surface area contributed by atoms with Crippen molar-refractivity contribution >= 4 is 11.3 Å². The van der Waals surface area contributed by atoms with E-state index in [-0.39, 0.29) is 0 Å². The minimum Gasteiger partial charge on any atom is -0.381 e. The van der Waals surface area contributed by atoms with Crippen LogP contribution in [-0.2, 0) is 17.8 Å². The molecule has 2 aliphatic heterocycles. The molecule has 0 unspecified atom stereocenters. The van der Waals surface area contributed by atoms with Gasteiger partial charge in [-0.3, -0.25) is 4.90 Å². The van der Waals surface area contributed by atoms with E-state index in [9.17, 15) is 0 Å². The minimum absolute atomic E-state index is 0.763. The van der Waals surface area contributed by atoms with Crippen molar-refractivity contribution in [1.29, 1.82) is 0 Å². The molecule has 124 valence electrons. The first-order valence-electron chi connectivity index (χ1n) is 8.30. The van der Waals surface area contributed by atoms with Crippen molar-refractivity contribution in [2.24, 2.45) is 5.92 Å². The zero-order valence-corrected chi connectivity index (χ0v) is 14.6. The molecule has 1 aromatic rings. The summed E-state index contributed by atoms with van der Waals surface area (Å²) >= 11 is 1.86. The standard InChI is InChI=1S/C16H28N4OS/c1-18(2)11-15-9-17-16(22-15)12-20-6-4-19(5-7-20)10-14-3-8-21-13-14/h9,14H,3-8,10-13H2,1-2H3/t14-/m0/s1. The summed E-state index contributed by atoms with van der Waals surface area (Å²) in [6, 6.07) is 0. The molecule has 2 fully saturated rings. The summed E-state index contributed by atoms with van der Waals surface area (Å²) < 4.78 is 5.48. The summed E-state index contributed by atoms with van der Waals surface area (Å²) in [5, 5.41) is 1.26. The van der Waals surface area contributed by atoms with Crippen molar-refractivity contribution in [2.45, 2.75) is 19.5 Å². The van der Waals surface area contributed by atoms with Crippen LogP contribution in [0.3, 0.4) is 0 Å². The molecule has 3 rings (SSSR count). The number of rotatable bonds is 6. The predicted molar refractivity (Wildman–Crippen MR) is 90.1 cm³/mol. The van der Waals surface area contributed by atoms with Gasteiger partial charge in [0, 0.05) is 56.9 Å². The number of piperazine rings is 1. The third kappa shape index (κ3) is 4.73. The Bertz CT molecular complexity index is 451. The predicted octanol–water partition coefficient (Wildman–Crippen LogP) is 1.36. The van der Waals surface area contributed by atoms with E-state index in [0.29, 0.717) is 0 Å². The molecule has 0 aromatic carbocycles. The lowest BCUT2D eigenvalue weighted by molar-refractivity contribution is 0.107. The number of aromatic nitrogens is 1. The van der Waals surface area contributed by atoms with Gasteiger partial charge in [0.05, 0.1) is 13.2 Å². The van der Waals surface area contributed by atoms with Gasteiger partial charge in [0.15, 0.2) is 0 Å². The Morgan fingerprint density at radius 3 is 2.73 bits per heavy atom. The molecule has 0 spiro atoms. The first kappa shape index (κ1) is 16.3. The topological polar surface area (TPSA) is 31.8 Å². The molecular weight excluding hydrogens is 296 g/mol. The highest BCUT2D eigenvalue weighted by atomic mass is 32.1. The van der Waals surface area contributed by atoms with Crippen LogP contribution in [0.2, 0.25) is 0 Å². The quantitative estimate of drug-likeness (QED) is 0.789. The fourth-order valence-electron chi connectivity index (χ4n) is 3.22. The van der Waals surface area contributed by atoms with E-state index in [1.807, 2.05) is 17.5 Å². The average molecular weight is 324 g/mol. The van der Waals surface area contributed by atoms with E-state index in [4.69, 9.17) is 4.74 Å². The Kier molecular flexibility index (Phi) is 5.82. The number of hydrogen-bond donors (Lipinski definition) is 0. The summed E-state index contributed by atoms with van der Waals surface area (Å²) in [5.74, 6) is 0.763. The SMILES string of the molecule is CN(C)Cc1cnc(CN2CCN(C[C@@H]3CCOC3)CC2)s1. The summed E-state index contributed by atoms with van der Waals surface area (Å²) in [4.78, 5) is 13.3. The molecule has 5 nitrogen and oxygen atoms in total. The highest BCUT2D eigenvalue weighted by Gasteiger charge is 2.23. The molecule has 0 radical (unpaired) electrons.